The van der Waals surface area contributed by atoms with Gasteiger partial charge in [-0.3, -0.25) is 0 Å². The highest BCUT2D eigenvalue weighted by atomic mass is 79.9. The van der Waals surface area contributed by atoms with Crippen LogP contribution in [-0.2, 0) is 0 Å². The van der Waals surface area contributed by atoms with Gasteiger partial charge in [0, 0.05) is 15.0 Å². The number of benzene rings is 2. The molecule has 0 heterocycles. The summed E-state index contributed by atoms with van der Waals surface area (Å²) in [5.41, 5.74) is 5.24. The van der Waals surface area contributed by atoms with Crippen molar-refractivity contribution >= 4 is 37.5 Å². The van der Waals surface area contributed by atoms with Gasteiger partial charge in [0.05, 0.1) is 5.69 Å². The summed E-state index contributed by atoms with van der Waals surface area (Å²) < 4.78 is 2.27. The Balaban J connectivity index is 1.64. The molecule has 1 aliphatic carbocycles. The second kappa shape index (κ2) is 6.13. The van der Waals surface area contributed by atoms with Gasteiger partial charge in [0.1, 0.15) is 0 Å². The summed E-state index contributed by atoms with van der Waals surface area (Å²) in [6, 6.07) is 13.8. The number of anilines is 1. The molecule has 0 amide bonds. The molecule has 1 N–H and O–H groups in total. The minimum absolute atomic E-state index is 0.562. The van der Waals surface area contributed by atoms with Crippen LogP contribution < -0.4 is 5.32 Å². The highest BCUT2D eigenvalue weighted by Gasteiger charge is 2.30. The largest absolute Gasteiger partial charge is 0.380 e. The number of rotatable bonds is 3. The Morgan fingerprint density at radius 1 is 0.905 bits per heavy atom. The minimum Gasteiger partial charge on any atom is -0.380 e. The van der Waals surface area contributed by atoms with Crippen molar-refractivity contribution in [2.75, 3.05) is 5.32 Å². The van der Waals surface area contributed by atoms with E-state index >= 15 is 0 Å². The smallest absolute Gasteiger partial charge is 0.0631 e. The maximum atomic E-state index is 3.66. The molecule has 0 aliphatic heterocycles. The molecule has 1 fully saturated rings. The molecule has 3 heteroatoms. The van der Waals surface area contributed by atoms with Gasteiger partial charge < -0.3 is 5.32 Å². The molecule has 3 rings (SSSR count). The summed E-state index contributed by atoms with van der Waals surface area (Å²) in [6.07, 6.45) is 2.41. The van der Waals surface area contributed by atoms with Gasteiger partial charge in [0.25, 0.3) is 0 Å². The fourth-order valence-electron chi connectivity index (χ4n) is 2.89. The predicted molar refractivity (Wildman–Crippen MR) is 97.1 cm³/mol. The Hall–Kier alpha value is -0.800. The lowest BCUT2D eigenvalue weighted by atomic mass is 9.75. The van der Waals surface area contributed by atoms with Crippen LogP contribution >= 0.6 is 31.9 Å². The zero-order valence-corrected chi connectivity index (χ0v) is 15.5. The van der Waals surface area contributed by atoms with E-state index in [1.54, 1.807) is 0 Å². The third-order valence-corrected chi connectivity index (χ3v) is 5.47. The molecule has 2 aromatic carbocycles. The number of aryl methyl sites for hydroxylation is 2. The number of hydrogen-bond donors (Lipinski definition) is 1. The van der Waals surface area contributed by atoms with Gasteiger partial charge in [-0.15, -0.1) is 0 Å². The summed E-state index contributed by atoms with van der Waals surface area (Å²) in [5.74, 6) is 0.700. The van der Waals surface area contributed by atoms with E-state index in [9.17, 15) is 0 Å². The van der Waals surface area contributed by atoms with Crippen LogP contribution in [0.3, 0.4) is 0 Å². The summed E-state index contributed by atoms with van der Waals surface area (Å²) in [7, 11) is 0. The predicted octanol–water partition coefficient (Wildman–Crippen LogP) is 6.19. The van der Waals surface area contributed by atoms with Crippen molar-refractivity contribution in [3.05, 3.63) is 62.0 Å². The number of hydrogen-bond acceptors (Lipinski definition) is 1. The Labute approximate surface area is 143 Å². The van der Waals surface area contributed by atoms with Gasteiger partial charge in [-0.25, -0.2) is 0 Å². The molecule has 110 valence electrons. The third-order valence-electron chi connectivity index (χ3n) is 4.22. The number of nitrogens with one attached hydrogen (secondary N) is 1. The topological polar surface area (TPSA) is 12.0 Å². The van der Waals surface area contributed by atoms with Crippen molar-refractivity contribution in [3.8, 4) is 0 Å². The molecule has 0 radical (unpaired) electrons. The zero-order valence-electron chi connectivity index (χ0n) is 12.3. The molecule has 0 bridgehead atoms. The quantitative estimate of drug-likeness (QED) is 0.638. The molecule has 0 atom stereocenters. The lowest BCUT2D eigenvalue weighted by molar-refractivity contribution is 0.374. The highest BCUT2D eigenvalue weighted by molar-refractivity contribution is 9.11. The van der Waals surface area contributed by atoms with Gasteiger partial charge in [0.15, 0.2) is 0 Å². The van der Waals surface area contributed by atoms with Gasteiger partial charge >= 0.3 is 0 Å². The maximum absolute atomic E-state index is 3.66. The molecule has 1 nitrogen and oxygen atoms in total. The first-order chi connectivity index (χ1) is 10.0. The Morgan fingerprint density at radius 3 is 2.05 bits per heavy atom. The minimum atomic E-state index is 0.562. The normalized spacial score (nSPS) is 21.0. The van der Waals surface area contributed by atoms with Crippen molar-refractivity contribution < 1.29 is 0 Å². The lowest BCUT2D eigenvalue weighted by Crippen LogP contribution is -2.34. The summed E-state index contributed by atoms with van der Waals surface area (Å²) in [4.78, 5) is 0. The zero-order chi connectivity index (χ0) is 15.0. The van der Waals surface area contributed by atoms with Gasteiger partial charge in [-0.1, -0.05) is 29.8 Å². The SMILES string of the molecule is Cc1ccc(C2CC(Nc3c(Br)cc(C)cc3Br)C2)cc1. The van der Waals surface area contributed by atoms with Crippen LogP contribution in [-0.4, -0.2) is 6.04 Å². The third kappa shape index (κ3) is 3.35. The van der Waals surface area contributed by atoms with Crippen LogP contribution in [0.1, 0.15) is 35.4 Å². The molecular weight excluding hydrogens is 390 g/mol. The maximum Gasteiger partial charge on any atom is 0.0631 e. The van der Waals surface area contributed by atoms with Crippen LogP contribution in [0, 0.1) is 13.8 Å². The van der Waals surface area contributed by atoms with E-state index in [-0.39, 0.29) is 0 Å². The second-order valence-electron chi connectivity index (χ2n) is 6.02. The van der Waals surface area contributed by atoms with E-state index in [1.807, 2.05) is 0 Å². The molecular formula is C18H19Br2N. The molecule has 1 aliphatic rings. The average Bonchev–Trinajstić information content (AvgIpc) is 2.37. The summed E-state index contributed by atoms with van der Waals surface area (Å²) in [6.45, 7) is 4.25. The Kier molecular flexibility index (Phi) is 4.41. The molecule has 2 aromatic rings. The fraction of sp³-hybridized carbons (Fsp3) is 0.333. The highest BCUT2D eigenvalue weighted by Crippen LogP contribution is 2.41. The van der Waals surface area contributed by atoms with E-state index < -0.39 is 0 Å². The molecule has 21 heavy (non-hydrogen) atoms. The lowest BCUT2D eigenvalue weighted by Gasteiger charge is -2.37. The van der Waals surface area contributed by atoms with E-state index in [1.165, 1.54) is 35.2 Å². The van der Waals surface area contributed by atoms with Crippen molar-refractivity contribution in [2.45, 2.75) is 38.6 Å². The van der Waals surface area contributed by atoms with Gasteiger partial charge in [-0.2, -0.15) is 0 Å². The van der Waals surface area contributed by atoms with Gasteiger partial charge in [0.2, 0.25) is 0 Å². The first-order valence-corrected chi connectivity index (χ1v) is 8.90. The summed E-state index contributed by atoms with van der Waals surface area (Å²) >= 11 is 7.31. The van der Waals surface area contributed by atoms with Crippen molar-refractivity contribution in [3.63, 3.8) is 0 Å². The molecule has 0 spiro atoms. The molecule has 0 unspecified atom stereocenters. The Morgan fingerprint density at radius 2 is 1.48 bits per heavy atom. The molecule has 0 aromatic heterocycles. The van der Waals surface area contributed by atoms with Crippen LogP contribution in [0.4, 0.5) is 5.69 Å². The standard InChI is InChI=1S/C18H19Br2N/c1-11-3-5-13(6-4-11)14-9-15(10-14)21-18-16(19)7-12(2)8-17(18)20/h3-8,14-15,21H,9-10H2,1-2H3. The first-order valence-electron chi connectivity index (χ1n) is 7.31. The van der Waals surface area contributed by atoms with E-state index in [2.05, 4.69) is 87.4 Å². The number of halogens is 2. The van der Waals surface area contributed by atoms with Crippen LogP contribution in [0.2, 0.25) is 0 Å². The van der Waals surface area contributed by atoms with Gasteiger partial charge in [-0.05, 0) is 87.7 Å². The molecule has 0 saturated heterocycles. The van der Waals surface area contributed by atoms with Crippen LogP contribution in [0.15, 0.2) is 45.3 Å². The van der Waals surface area contributed by atoms with E-state index in [0.717, 1.165) is 8.95 Å². The monoisotopic (exact) mass is 407 g/mol. The second-order valence-corrected chi connectivity index (χ2v) is 7.73. The summed E-state index contributed by atoms with van der Waals surface area (Å²) in [5, 5.41) is 3.66. The van der Waals surface area contributed by atoms with Crippen LogP contribution in [0.25, 0.3) is 0 Å². The van der Waals surface area contributed by atoms with Crippen molar-refractivity contribution in [2.24, 2.45) is 0 Å². The Bertz CT molecular complexity index is 620. The van der Waals surface area contributed by atoms with Crippen molar-refractivity contribution in [1.29, 1.82) is 0 Å². The van der Waals surface area contributed by atoms with Crippen LogP contribution in [0.5, 0.6) is 0 Å². The first kappa shape index (κ1) is 15.1. The fourth-order valence-corrected chi connectivity index (χ4v) is 4.53. The van der Waals surface area contributed by atoms with E-state index in [4.69, 9.17) is 0 Å². The molecule has 1 saturated carbocycles. The van der Waals surface area contributed by atoms with Crippen molar-refractivity contribution in [1.82, 2.24) is 0 Å². The average molecular weight is 409 g/mol. The van der Waals surface area contributed by atoms with E-state index in [0.29, 0.717) is 12.0 Å².